The van der Waals surface area contributed by atoms with Gasteiger partial charge in [0.25, 0.3) is 0 Å². The summed E-state index contributed by atoms with van der Waals surface area (Å²) in [6.45, 7) is 6.23. The fraction of sp³-hybridized carbons (Fsp3) is 0.786. The minimum Gasteiger partial charge on any atom is -0.490 e. The van der Waals surface area contributed by atoms with Crippen LogP contribution >= 0.6 is 0 Å². The fourth-order valence-corrected chi connectivity index (χ4v) is 2.55. The Labute approximate surface area is 110 Å². The Balaban J connectivity index is 1.83. The maximum Gasteiger partial charge on any atom is 0.157 e. The molecule has 1 aromatic heterocycles. The number of hydrogen-bond donors (Lipinski definition) is 1. The molecule has 1 heterocycles. The Bertz CT molecular complexity index is 351. The summed E-state index contributed by atoms with van der Waals surface area (Å²) in [5, 5.41) is 8.03. The average molecular weight is 251 g/mol. The molecule has 1 saturated carbocycles. The van der Waals surface area contributed by atoms with E-state index in [1.54, 1.807) is 0 Å². The van der Waals surface area contributed by atoms with Gasteiger partial charge in [-0.2, -0.15) is 5.10 Å². The van der Waals surface area contributed by atoms with Crippen molar-refractivity contribution in [2.75, 3.05) is 13.2 Å². The molecule has 1 aromatic rings. The molecule has 1 N–H and O–H groups in total. The summed E-state index contributed by atoms with van der Waals surface area (Å²) in [5.74, 6) is 0.904. The van der Waals surface area contributed by atoms with Crippen molar-refractivity contribution in [2.45, 2.75) is 58.0 Å². The molecule has 102 valence electrons. The van der Waals surface area contributed by atoms with Crippen molar-refractivity contribution in [2.24, 2.45) is 0 Å². The van der Waals surface area contributed by atoms with Gasteiger partial charge in [0.2, 0.25) is 0 Å². The van der Waals surface area contributed by atoms with E-state index in [1.165, 1.54) is 25.7 Å². The number of aromatic nitrogens is 2. The lowest BCUT2D eigenvalue weighted by Crippen LogP contribution is -2.27. The van der Waals surface area contributed by atoms with Crippen LogP contribution in [0.2, 0.25) is 0 Å². The van der Waals surface area contributed by atoms with Crippen LogP contribution in [-0.2, 0) is 0 Å². The highest BCUT2D eigenvalue weighted by atomic mass is 16.5. The van der Waals surface area contributed by atoms with Crippen LogP contribution in [-0.4, -0.2) is 29.0 Å². The van der Waals surface area contributed by atoms with Gasteiger partial charge < -0.3 is 10.1 Å². The minimum absolute atomic E-state index is 0.540. The summed E-state index contributed by atoms with van der Waals surface area (Å²) in [4.78, 5) is 0. The summed E-state index contributed by atoms with van der Waals surface area (Å²) in [7, 11) is 0. The normalized spacial score (nSPS) is 23.4. The second kappa shape index (κ2) is 6.78. The van der Waals surface area contributed by atoms with Gasteiger partial charge >= 0.3 is 0 Å². The Kier molecular flexibility index (Phi) is 5.05. The van der Waals surface area contributed by atoms with Crippen LogP contribution in [0, 0.1) is 0 Å². The van der Waals surface area contributed by atoms with Crippen LogP contribution in [0.15, 0.2) is 12.4 Å². The third-order valence-electron chi connectivity index (χ3n) is 3.51. The van der Waals surface area contributed by atoms with Gasteiger partial charge in [-0.15, -0.1) is 0 Å². The molecule has 0 amide bonds. The summed E-state index contributed by atoms with van der Waals surface area (Å²) in [6, 6.07) is 1.21. The largest absolute Gasteiger partial charge is 0.490 e. The van der Waals surface area contributed by atoms with Crippen LogP contribution < -0.4 is 10.1 Å². The SMILES string of the molecule is CCCNC1CCC(n2cc(OCCC)cn2)C1. The molecule has 0 radical (unpaired) electrons. The van der Waals surface area contributed by atoms with Gasteiger partial charge in [0, 0.05) is 6.04 Å². The summed E-state index contributed by atoms with van der Waals surface area (Å²) < 4.78 is 7.67. The highest BCUT2D eigenvalue weighted by Crippen LogP contribution is 2.30. The highest BCUT2D eigenvalue weighted by molar-refractivity contribution is 5.12. The van der Waals surface area contributed by atoms with E-state index in [4.69, 9.17) is 4.74 Å². The third kappa shape index (κ3) is 3.48. The quantitative estimate of drug-likeness (QED) is 0.810. The minimum atomic E-state index is 0.540. The third-order valence-corrected chi connectivity index (χ3v) is 3.51. The number of nitrogens with one attached hydrogen (secondary N) is 1. The zero-order valence-electron chi connectivity index (χ0n) is 11.6. The molecule has 1 fully saturated rings. The second-order valence-electron chi connectivity index (χ2n) is 5.12. The fourth-order valence-electron chi connectivity index (χ4n) is 2.55. The number of hydrogen-bond acceptors (Lipinski definition) is 3. The van der Waals surface area contributed by atoms with Crippen molar-refractivity contribution in [1.29, 1.82) is 0 Å². The topological polar surface area (TPSA) is 39.1 Å². The standard InChI is InChI=1S/C14H25N3O/c1-3-7-15-12-5-6-13(9-12)17-11-14(10-16-17)18-8-4-2/h10-13,15H,3-9H2,1-2H3. The van der Waals surface area contributed by atoms with E-state index in [1.807, 2.05) is 12.4 Å². The van der Waals surface area contributed by atoms with E-state index in [9.17, 15) is 0 Å². The van der Waals surface area contributed by atoms with E-state index in [2.05, 4.69) is 28.9 Å². The molecule has 1 aliphatic rings. The first kappa shape index (κ1) is 13.4. The number of rotatable bonds is 7. The monoisotopic (exact) mass is 251 g/mol. The van der Waals surface area contributed by atoms with Gasteiger partial charge in [0.05, 0.1) is 25.0 Å². The van der Waals surface area contributed by atoms with E-state index in [0.29, 0.717) is 12.1 Å². The maximum absolute atomic E-state index is 5.59. The van der Waals surface area contributed by atoms with Crippen molar-refractivity contribution in [3.05, 3.63) is 12.4 Å². The first-order valence-electron chi connectivity index (χ1n) is 7.23. The number of nitrogens with zero attached hydrogens (tertiary/aromatic N) is 2. The van der Waals surface area contributed by atoms with Crippen molar-refractivity contribution >= 4 is 0 Å². The molecule has 4 nitrogen and oxygen atoms in total. The van der Waals surface area contributed by atoms with Gasteiger partial charge in [0.15, 0.2) is 5.75 Å². The lowest BCUT2D eigenvalue weighted by atomic mass is 10.2. The second-order valence-corrected chi connectivity index (χ2v) is 5.12. The van der Waals surface area contributed by atoms with Crippen molar-refractivity contribution in [3.63, 3.8) is 0 Å². The highest BCUT2D eigenvalue weighted by Gasteiger charge is 2.25. The molecule has 0 aromatic carbocycles. The Morgan fingerprint density at radius 1 is 1.39 bits per heavy atom. The van der Waals surface area contributed by atoms with Gasteiger partial charge in [-0.3, -0.25) is 4.68 Å². The molecule has 18 heavy (non-hydrogen) atoms. The summed E-state index contributed by atoms with van der Waals surface area (Å²) in [5.41, 5.74) is 0. The Morgan fingerprint density at radius 2 is 2.28 bits per heavy atom. The molecule has 1 aliphatic carbocycles. The molecule has 2 unspecified atom stereocenters. The van der Waals surface area contributed by atoms with Crippen LogP contribution in [0.25, 0.3) is 0 Å². The van der Waals surface area contributed by atoms with Gasteiger partial charge in [-0.1, -0.05) is 13.8 Å². The van der Waals surface area contributed by atoms with E-state index in [-0.39, 0.29) is 0 Å². The van der Waals surface area contributed by atoms with Crippen LogP contribution in [0.4, 0.5) is 0 Å². The maximum atomic E-state index is 5.59. The Hall–Kier alpha value is -1.03. The van der Waals surface area contributed by atoms with Crippen LogP contribution in [0.5, 0.6) is 5.75 Å². The summed E-state index contributed by atoms with van der Waals surface area (Å²) >= 11 is 0. The zero-order chi connectivity index (χ0) is 12.8. The molecule has 0 aliphatic heterocycles. The lowest BCUT2D eigenvalue weighted by molar-refractivity contribution is 0.316. The molecule has 0 saturated heterocycles. The zero-order valence-corrected chi connectivity index (χ0v) is 11.6. The molecule has 0 spiro atoms. The smallest absolute Gasteiger partial charge is 0.157 e. The van der Waals surface area contributed by atoms with Crippen molar-refractivity contribution < 1.29 is 4.74 Å². The predicted octanol–water partition coefficient (Wildman–Crippen LogP) is 2.77. The number of ether oxygens (including phenoxy) is 1. The molecule has 2 rings (SSSR count). The van der Waals surface area contributed by atoms with E-state index in [0.717, 1.165) is 25.3 Å². The molecular weight excluding hydrogens is 226 g/mol. The first-order chi connectivity index (χ1) is 8.83. The van der Waals surface area contributed by atoms with Crippen LogP contribution in [0.1, 0.15) is 52.0 Å². The van der Waals surface area contributed by atoms with E-state index < -0.39 is 0 Å². The molecular formula is C14H25N3O. The van der Waals surface area contributed by atoms with Gasteiger partial charge in [-0.25, -0.2) is 0 Å². The van der Waals surface area contributed by atoms with Gasteiger partial charge in [-0.05, 0) is 38.6 Å². The molecule has 2 atom stereocenters. The molecule has 4 heteroatoms. The van der Waals surface area contributed by atoms with Gasteiger partial charge in [0.1, 0.15) is 0 Å². The first-order valence-corrected chi connectivity index (χ1v) is 7.23. The van der Waals surface area contributed by atoms with E-state index >= 15 is 0 Å². The molecule has 0 bridgehead atoms. The van der Waals surface area contributed by atoms with Crippen LogP contribution in [0.3, 0.4) is 0 Å². The summed E-state index contributed by atoms with van der Waals surface area (Å²) in [6.07, 6.45) is 9.79. The Morgan fingerprint density at radius 3 is 3.06 bits per heavy atom. The lowest BCUT2D eigenvalue weighted by Gasteiger charge is -2.12. The predicted molar refractivity (Wildman–Crippen MR) is 73.0 cm³/mol. The van der Waals surface area contributed by atoms with Crippen molar-refractivity contribution in [1.82, 2.24) is 15.1 Å². The van der Waals surface area contributed by atoms with Crippen molar-refractivity contribution in [3.8, 4) is 5.75 Å². The average Bonchev–Trinajstić information content (AvgIpc) is 3.02.